The Hall–Kier alpha value is -2.81. The lowest BCUT2D eigenvalue weighted by Gasteiger charge is -2.23. The molecule has 1 unspecified atom stereocenters. The minimum atomic E-state index is -3.18. The van der Waals surface area contributed by atoms with Crippen molar-refractivity contribution in [3.05, 3.63) is 75.7 Å². The summed E-state index contributed by atoms with van der Waals surface area (Å²) in [5, 5.41) is 11.0. The van der Waals surface area contributed by atoms with E-state index in [1.807, 2.05) is 0 Å². The molecule has 3 aromatic rings. The van der Waals surface area contributed by atoms with Gasteiger partial charge < -0.3 is 15.5 Å². The largest absolute Gasteiger partial charge is 0.442 e. The number of benzene rings is 2. The van der Waals surface area contributed by atoms with Gasteiger partial charge in [0.05, 0.1) is 10.7 Å². The zero-order valence-corrected chi connectivity index (χ0v) is 15.9. The second kappa shape index (κ2) is 6.66. The fourth-order valence-electron chi connectivity index (χ4n) is 3.31. The number of nitrogens with two attached hydrogens (primary N) is 1. The summed E-state index contributed by atoms with van der Waals surface area (Å²) in [5.74, 6) is -3.65. The summed E-state index contributed by atoms with van der Waals surface area (Å²) in [6.45, 7) is 0. The highest BCUT2D eigenvalue weighted by atomic mass is 79.9. The molecule has 0 bridgehead atoms. The lowest BCUT2D eigenvalue weighted by atomic mass is 10.0. The summed E-state index contributed by atoms with van der Waals surface area (Å²) in [6.07, 6.45) is 1.86. The Morgan fingerprint density at radius 2 is 2.11 bits per heavy atom. The molecule has 2 aromatic carbocycles. The zero-order valence-electron chi connectivity index (χ0n) is 14.3. The van der Waals surface area contributed by atoms with E-state index >= 15 is 0 Å². The van der Waals surface area contributed by atoms with Gasteiger partial charge in [-0.2, -0.15) is 0 Å². The molecule has 4 N–H and O–H groups in total. The molecule has 0 fully saturated rings. The van der Waals surface area contributed by atoms with Gasteiger partial charge in [0.1, 0.15) is 17.6 Å². The van der Waals surface area contributed by atoms with Crippen molar-refractivity contribution in [3.8, 4) is 0 Å². The molecule has 28 heavy (non-hydrogen) atoms. The van der Waals surface area contributed by atoms with E-state index < -0.39 is 24.2 Å². The minimum Gasteiger partial charge on any atom is -0.442 e. The van der Waals surface area contributed by atoms with Crippen molar-refractivity contribution >= 4 is 33.0 Å². The molecule has 5 nitrogen and oxygen atoms in total. The third kappa shape index (κ3) is 3.05. The van der Waals surface area contributed by atoms with Gasteiger partial charge in [-0.25, -0.2) is 18.2 Å². The van der Waals surface area contributed by atoms with Crippen LogP contribution in [0.25, 0.3) is 0 Å². The Kier molecular flexibility index (Phi) is 4.41. The second-order valence-electron chi connectivity index (χ2n) is 6.49. The average molecular weight is 451 g/mol. The van der Waals surface area contributed by atoms with Crippen LogP contribution in [0.4, 0.5) is 24.5 Å². The molecule has 1 aromatic heterocycles. The molecule has 1 heterocycles. The van der Waals surface area contributed by atoms with Gasteiger partial charge >= 0.3 is 0 Å². The van der Waals surface area contributed by atoms with Gasteiger partial charge in [-0.3, -0.25) is 5.41 Å². The second-order valence-corrected chi connectivity index (χ2v) is 7.34. The van der Waals surface area contributed by atoms with Crippen LogP contribution in [0.2, 0.25) is 0 Å². The van der Waals surface area contributed by atoms with Gasteiger partial charge in [-0.1, -0.05) is 6.07 Å². The van der Waals surface area contributed by atoms with Crippen LogP contribution in [-0.2, 0) is 6.42 Å². The topological polar surface area (TPSA) is 87.9 Å². The average Bonchev–Trinajstić information content (AvgIpc) is 3.27. The monoisotopic (exact) mass is 450 g/mol. The first-order valence-electron chi connectivity index (χ1n) is 8.26. The number of hydrogen-bond acceptors (Lipinski definition) is 5. The van der Waals surface area contributed by atoms with Crippen molar-refractivity contribution in [2.24, 2.45) is 0 Å². The summed E-state index contributed by atoms with van der Waals surface area (Å²) >= 11 is 3.03. The lowest BCUT2D eigenvalue weighted by molar-refractivity contribution is -0.00740. The Labute approximate surface area is 166 Å². The molecular weight excluding hydrogens is 437 g/mol. The Bertz CT molecular complexity index is 1070. The number of rotatable bonds is 4. The van der Waals surface area contributed by atoms with Crippen molar-refractivity contribution in [3.63, 3.8) is 0 Å². The van der Waals surface area contributed by atoms with Crippen molar-refractivity contribution in [1.29, 1.82) is 5.41 Å². The van der Waals surface area contributed by atoms with Gasteiger partial charge in [0, 0.05) is 28.9 Å². The molecule has 0 aliphatic heterocycles. The van der Waals surface area contributed by atoms with Gasteiger partial charge in [-0.15, -0.1) is 0 Å². The standard InChI is InChI=1S/C19H14BrF3N4O/c20-13-3-2-10-12(16(13)21)6-19(22,23)18(10)27-9-1-4-14(24)11(5-9)17(25)15-7-26-8-28-15/h1-5,7-8,18,25,27H,6,24H2. The third-order valence-corrected chi connectivity index (χ3v) is 5.30. The molecule has 0 spiro atoms. The van der Waals surface area contributed by atoms with E-state index in [4.69, 9.17) is 15.6 Å². The summed E-state index contributed by atoms with van der Waals surface area (Å²) in [4.78, 5) is 3.76. The normalized spacial score (nSPS) is 17.4. The first-order valence-corrected chi connectivity index (χ1v) is 9.05. The van der Waals surface area contributed by atoms with E-state index in [1.165, 1.54) is 42.9 Å². The molecule has 0 saturated heterocycles. The van der Waals surface area contributed by atoms with E-state index in [0.29, 0.717) is 16.9 Å². The van der Waals surface area contributed by atoms with Crippen molar-refractivity contribution < 1.29 is 17.6 Å². The maximum absolute atomic E-state index is 14.6. The molecule has 9 heteroatoms. The van der Waals surface area contributed by atoms with E-state index in [-0.39, 0.29) is 27.1 Å². The molecule has 0 saturated carbocycles. The number of anilines is 2. The number of fused-ring (bicyclic) bond motifs is 1. The highest BCUT2D eigenvalue weighted by Crippen LogP contribution is 2.47. The van der Waals surface area contributed by atoms with Crippen LogP contribution < -0.4 is 11.1 Å². The van der Waals surface area contributed by atoms with Crippen LogP contribution in [0, 0.1) is 11.2 Å². The summed E-state index contributed by atoms with van der Waals surface area (Å²) in [5.41, 5.74) is 7.04. The van der Waals surface area contributed by atoms with Crippen molar-refractivity contribution in [2.75, 3.05) is 11.1 Å². The first kappa shape index (κ1) is 18.5. The van der Waals surface area contributed by atoms with Crippen molar-refractivity contribution in [1.82, 2.24) is 4.98 Å². The van der Waals surface area contributed by atoms with Gasteiger partial charge in [0.25, 0.3) is 5.92 Å². The Morgan fingerprint density at radius 3 is 2.82 bits per heavy atom. The molecule has 0 amide bonds. The van der Waals surface area contributed by atoms with Crippen LogP contribution >= 0.6 is 15.9 Å². The summed E-state index contributed by atoms with van der Waals surface area (Å²) < 4.78 is 48.8. The van der Waals surface area contributed by atoms with Crippen LogP contribution in [0.3, 0.4) is 0 Å². The summed E-state index contributed by atoms with van der Waals surface area (Å²) in [6, 6.07) is 6.03. The molecule has 1 aliphatic carbocycles. The number of alkyl halides is 2. The zero-order chi connectivity index (χ0) is 20.1. The summed E-state index contributed by atoms with van der Waals surface area (Å²) in [7, 11) is 0. The van der Waals surface area contributed by atoms with Crippen LogP contribution in [-0.4, -0.2) is 16.6 Å². The molecular formula is C19H14BrF3N4O. The third-order valence-electron chi connectivity index (χ3n) is 4.69. The number of nitrogens with zero attached hydrogens (tertiary/aromatic N) is 1. The molecule has 4 rings (SSSR count). The quantitative estimate of drug-likeness (QED) is 0.388. The number of oxazole rings is 1. The van der Waals surface area contributed by atoms with Gasteiger partial charge in [-0.05, 0) is 45.8 Å². The van der Waals surface area contributed by atoms with E-state index in [2.05, 4.69) is 26.2 Å². The van der Waals surface area contributed by atoms with E-state index in [0.717, 1.165) is 0 Å². The van der Waals surface area contributed by atoms with Crippen LogP contribution in [0.15, 0.2) is 51.8 Å². The predicted octanol–water partition coefficient (Wildman–Crippen LogP) is 4.92. The SMILES string of the molecule is N=C(c1cnco1)c1cc(NC2c3ccc(Br)c(F)c3CC2(F)F)ccc1N. The fourth-order valence-corrected chi connectivity index (χ4v) is 3.68. The van der Waals surface area contributed by atoms with E-state index in [1.54, 1.807) is 0 Å². The number of halogens is 4. The van der Waals surface area contributed by atoms with Crippen LogP contribution in [0.5, 0.6) is 0 Å². The highest BCUT2D eigenvalue weighted by molar-refractivity contribution is 9.10. The van der Waals surface area contributed by atoms with Crippen molar-refractivity contribution in [2.45, 2.75) is 18.4 Å². The first-order chi connectivity index (χ1) is 13.3. The fraction of sp³-hybridized carbons (Fsp3) is 0.158. The smallest absolute Gasteiger partial charge is 0.276 e. The Balaban J connectivity index is 1.70. The van der Waals surface area contributed by atoms with Gasteiger partial charge in [0.2, 0.25) is 0 Å². The molecule has 1 atom stereocenters. The lowest BCUT2D eigenvalue weighted by Crippen LogP contribution is -2.28. The number of nitrogens with one attached hydrogen (secondary N) is 2. The maximum Gasteiger partial charge on any atom is 0.276 e. The number of nitrogen functional groups attached to an aromatic ring is 1. The number of hydrogen-bond donors (Lipinski definition) is 3. The molecule has 0 radical (unpaired) electrons. The number of aromatic nitrogens is 1. The highest BCUT2D eigenvalue weighted by Gasteiger charge is 2.49. The van der Waals surface area contributed by atoms with Gasteiger partial charge in [0.15, 0.2) is 12.2 Å². The predicted molar refractivity (Wildman–Crippen MR) is 102 cm³/mol. The van der Waals surface area contributed by atoms with E-state index in [9.17, 15) is 13.2 Å². The molecule has 144 valence electrons. The maximum atomic E-state index is 14.6. The molecule has 1 aliphatic rings. The minimum absolute atomic E-state index is 0.0121. The Morgan fingerprint density at radius 1 is 1.32 bits per heavy atom. The van der Waals surface area contributed by atoms with Crippen LogP contribution in [0.1, 0.15) is 28.5 Å².